The number of hydrogen-bond acceptors (Lipinski definition) is 0. The quantitative estimate of drug-likeness (QED) is 0.712. The van der Waals surface area contributed by atoms with E-state index in [1.807, 2.05) is 0 Å². The Morgan fingerprint density at radius 1 is 1.33 bits per heavy atom. The van der Waals surface area contributed by atoms with Crippen molar-refractivity contribution in [2.45, 2.75) is 32.6 Å². The second-order valence-corrected chi connectivity index (χ2v) is 4.66. The summed E-state index contributed by atoms with van der Waals surface area (Å²) in [6.45, 7) is 6.77. The van der Waals surface area contributed by atoms with Gasteiger partial charge in [-0.15, -0.1) is 0 Å². The summed E-state index contributed by atoms with van der Waals surface area (Å²) < 4.78 is 1.17. The molecule has 66 valence electrons. The van der Waals surface area contributed by atoms with Crippen LogP contribution in [0, 0.1) is 0 Å². The van der Waals surface area contributed by atoms with Gasteiger partial charge >= 0.3 is 0 Å². The summed E-state index contributed by atoms with van der Waals surface area (Å²) in [6.07, 6.45) is 1.17. The van der Waals surface area contributed by atoms with E-state index >= 15 is 0 Å². The smallest absolute Gasteiger partial charge is 0.0178 e. The van der Waals surface area contributed by atoms with Crippen molar-refractivity contribution in [2.75, 3.05) is 0 Å². The molecule has 12 heavy (non-hydrogen) atoms. The molecule has 0 aliphatic heterocycles. The molecule has 0 saturated carbocycles. The minimum Gasteiger partial charge on any atom is -0.0646 e. The van der Waals surface area contributed by atoms with Gasteiger partial charge in [0.25, 0.3) is 0 Å². The first-order valence-corrected chi connectivity index (χ1v) is 5.11. The fourth-order valence-electron chi connectivity index (χ4n) is 1.11. The normalized spacial score (nSPS) is 11.7. The van der Waals surface area contributed by atoms with E-state index in [-0.39, 0.29) is 0 Å². The summed E-state index contributed by atoms with van der Waals surface area (Å²) in [6, 6.07) is 8.55. The Hall–Kier alpha value is -0.300. The van der Waals surface area contributed by atoms with E-state index in [9.17, 15) is 0 Å². The van der Waals surface area contributed by atoms with Crippen molar-refractivity contribution in [1.29, 1.82) is 0 Å². The molecule has 1 rings (SSSR count). The zero-order valence-electron chi connectivity index (χ0n) is 7.89. The maximum atomic E-state index is 3.48. The van der Waals surface area contributed by atoms with Crippen LogP contribution in [0.5, 0.6) is 0 Å². The highest BCUT2D eigenvalue weighted by Gasteiger charge is 2.17. The summed E-state index contributed by atoms with van der Waals surface area (Å²) in [7, 11) is 0. The molecule has 0 aromatic heterocycles. The fourth-order valence-corrected chi connectivity index (χ4v) is 1.51. The second-order valence-electron chi connectivity index (χ2n) is 3.75. The van der Waals surface area contributed by atoms with E-state index < -0.39 is 0 Å². The third kappa shape index (κ3) is 2.10. The van der Waals surface area contributed by atoms with Crippen molar-refractivity contribution >= 4 is 15.9 Å². The molecule has 0 N–H and O–H groups in total. The van der Waals surface area contributed by atoms with Crippen molar-refractivity contribution in [2.24, 2.45) is 0 Å². The zero-order chi connectivity index (χ0) is 9.19. The highest BCUT2D eigenvalue weighted by Crippen LogP contribution is 2.28. The predicted molar refractivity (Wildman–Crippen MR) is 57.5 cm³/mol. The molecule has 0 amide bonds. The number of hydrogen-bond donors (Lipinski definition) is 0. The molecule has 0 radical (unpaired) electrons. The van der Waals surface area contributed by atoms with Gasteiger partial charge in [0.05, 0.1) is 0 Å². The predicted octanol–water partition coefficient (Wildman–Crippen LogP) is 4.14. The Labute approximate surface area is 83.1 Å². The lowest BCUT2D eigenvalue weighted by atomic mass is 9.82. The number of benzene rings is 1. The first-order chi connectivity index (χ1) is 5.56. The van der Waals surface area contributed by atoms with Crippen molar-refractivity contribution in [3.8, 4) is 0 Å². The fraction of sp³-hybridized carbons (Fsp3) is 0.455. The van der Waals surface area contributed by atoms with E-state index in [2.05, 4.69) is 61.0 Å². The molecule has 0 heterocycles. The molecule has 0 unspecified atom stereocenters. The Morgan fingerprint density at radius 3 is 2.50 bits per heavy atom. The summed E-state index contributed by atoms with van der Waals surface area (Å²) in [5.41, 5.74) is 1.70. The molecular formula is C11H15Br. The molecule has 0 bridgehead atoms. The van der Waals surface area contributed by atoms with Crippen LogP contribution in [0.15, 0.2) is 28.7 Å². The first-order valence-electron chi connectivity index (χ1n) is 4.32. The topological polar surface area (TPSA) is 0 Å². The van der Waals surface area contributed by atoms with E-state index in [1.54, 1.807) is 0 Å². The Kier molecular flexibility index (Phi) is 2.94. The maximum absolute atomic E-state index is 3.48. The van der Waals surface area contributed by atoms with Crippen LogP contribution in [-0.4, -0.2) is 0 Å². The van der Waals surface area contributed by atoms with Gasteiger partial charge in [0.2, 0.25) is 0 Å². The minimum atomic E-state index is 0.295. The van der Waals surface area contributed by atoms with E-state index in [1.165, 1.54) is 16.5 Å². The van der Waals surface area contributed by atoms with Crippen LogP contribution in [0.1, 0.15) is 32.8 Å². The van der Waals surface area contributed by atoms with Crippen molar-refractivity contribution < 1.29 is 0 Å². The Balaban J connectivity index is 3.03. The van der Waals surface area contributed by atoms with Gasteiger partial charge in [0.1, 0.15) is 0 Å². The molecule has 0 nitrogen and oxygen atoms in total. The molecule has 1 heteroatoms. The molecule has 0 aliphatic rings. The zero-order valence-corrected chi connectivity index (χ0v) is 9.48. The lowest BCUT2D eigenvalue weighted by molar-refractivity contribution is 0.506. The molecular weight excluding hydrogens is 212 g/mol. The molecule has 1 aromatic rings. The first kappa shape index (κ1) is 9.79. The summed E-state index contributed by atoms with van der Waals surface area (Å²) >= 11 is 3.48. The van der Waals surface area contributed by atoms with Crippen LogP contribution in [0.2, 0.25) is 0 Å². The molecule has 1 aromatic carbocycles. The van der Waals surface area contributed by atoms with Crippen molar-refractivity contribution in [3.05, 3.63) is 34.3 Å². The Morgan fingerprint density at radius 2 is 2.00 bits per heavy atom. The van der Waals surface area contributed by atoms with E-state index in [0.717, 1.165) is 0 Å². The highest BCUT2D eigenvalue weighted by atomic mass is 79.9. The minimum absolute atomic E-state index is 0.295. The van der Waals surface area contributed by atoms with Crippen LogP contribution < -0.4 is 0 Å². The number of halogens is 1. The van der Waals surface area contributed by atoms with Gasteiger partial charge in [0.15, 0.2) is 0 Å². The van der Waals surface area contributed by atoms with E-state index in [4.69, 9.17) is 0 Å². The SMILES string of the molecule is CCC(C)(C)c1cccc(Br)c1. The van der Waals surface area contributed by atoms with Gasteiger partial charge in [-0.05, 0) is 29.5 Å². The average molecular weight is 227 g/mol. The summed E-state index contributed by atoms with van der Waals surface area (Å²) in [5.74, 6) is 0. The van der Waals surface area contributed by atoms with Gasteiger partial charge in [-0.2, -0.15) is 0 Å². The molecule has 0 spiro atoms. The number of rotatable bonds is 2. The van der Waals surface area contributed by atoms with Crippen LogP contribution >= 0.6 is 15.9 Å². The van der Waals surface area contributed by atoms with E-state index in [0.29, 0.717) is 5.41 Å². The molecule has 0 saturated heterocycles. The third-order valence-electron chi connectivity index (χ3n) is 2.49. The molecule has 0 atom stereocenters. The lowest BCUT2D eigenvalue weighted by Gasteiger charge is -2.23. The highest BCUT2D eigenvalue weighted by molar-refractivity contribution is 9.10. The summed E-state index contributed by atoms with van der Waals surface area (Å²) in [5, 5.41) is 0. The van der Waals surface area contributed by atoms with Crippen LogP contribution in [0.4, 0.5) is 0 Å². The monoisotopic (exact) mass is 226 g/mol. The molecule has 0 fully saturated rings. The maximum Gasteiger partial charge on any atom is 0.0178 e. The largest absolute Gasteiger partial charge is 0.0646 e. The van der Waals surface area contributed by atoms with Gasteiger partial charge in [-0.1, -0.05) is 48.8 Å². The Bertz CT molecular complexity index is 263. The van der Waals surface area contributed by atoms with Crippen LogP contribution in [-0.2, 0) is 5.41 Å². The van der Waals surface area contributed by atoms with Crippen LogP contribution in [0.25, 0.3) is 0 Å². The van der Waals surface area contributed by atoms with Crippen molar-refractivity contribution in [3.63, 3.8) is 0 Å². The second kappa shape index (κ2) is 3.61. The van der Waals surface area contributed by atoms with Gasteiger partial charge in [-0.25, -0.2) is 0 Å². The van der Waals surface area contributed by atoms with Gasteiger partial charge in [-0.3, -0.25) is 0 Å². The van der Waals surface area contributed by atoms with Gasteiger partial charge in [0, 0.05) is 4.47 Å². The van der Waals surface area contributed by atoms with Crippen molar-refractivity contribution in [1.82, 2.24) is 0 Å². The summed E-state index contributed by atoms with van der Waals surface area (Å²) in [4.78, 5) is 0. The standard InChI is InChI=1S/C11H15Br/c1-4-11(2,3)9-6-5-7-10(12)8-9/h5-8H,4H2,1-3H3. The lowest BCUT2D eigenvalue weighted by Crippen LogP contribution is -2.14. The van der Waals surface area contributed by atoms with Crippen LogP contribution in [0.3, 0.4) is 0 Å². The third-order valence-corrected chi connectivity index (χ3v) is 2.98. The average Bonchev–Trinajstić information content (AvgIpc) is 2.05. The van der Waals surface area contributed by atoms with Gasteiger partial charge < -0.3 is 0 Å². The molecule has 0 aliphatic carbocycles.